The second-order valence-electron chi connectivity index (χ2n) is 5.42. The molecule has 0 aliphatic carbocycles. The highest BCUT2D eigenvalue weighted by atomic mass is 32.1. The molecular weight excluding hydrogens is 330 g/mol. The van der Waals surface area contributed by atoms with Gasteiger partial charge in [-0.15, -0.1) is 11.3 Å². The number of imidazole rings is 1. The lowest BCUT2D eigenvalue weighted by Gasteiger charge is -2.26. The molecule has 124 valence electrons. The first-order valence-corrected chi connectivity index (χ1v) is 8.27. The van der Waals surface area contributed by atoms with Gasteiger partial charge in [0.1, 0.15) is 0 Å². The average Bonchev–Trinajstić information content (AvgIpc) is 3.31. The maximum absolute atomic E-state index is 11.1. The van der Waals surface area contributed by atoms with Gasteiger partial charge in [-0.1, -0.05) is 12.1 Å². The van der Waals surface area contributed by atoms with E-state index >= 15 is 0 Å². The largest absolute Gasteiger partial charge is 0.465 e. The van der Waals surface area contributed by atoms with Crippen molar-refractivity contribution >= 4 is 34.4 Å². The zero-order valence-corrected chi connectivity index (χ0v) is 13.7. The fraction of sp³-hybridized carbons (Fsp3) is 0.250. The summed E-state index contributed by atoms with van der Waals surface area (Å²) in [4.78, 5) is 20.4. The molecule has 0 saturated carbocycles. The SMILES string of the molecule is CN(C(=O)O)c1nc2ccc(C3(c4cccs4)OCCO3)cc2[nH]1. The summed E-state index contributed by atoms with van der Waals surface area (Å²) in [6.07, 6.45) is -1.08. The molecule has 2 aromatic heterocycles. The lowest BCUT2D eigenvalue weighted by atomic mass is 10.0. The number of benzene rings is 1. The maximum Gasteiger partial charge on any atom is 0.413 e. The molecule has 1 aliphatic rings. The van der Waals surface area contributed by atoms with Crippen LogP contribution in [0.25, 0.3) is 11.0 Å². The van der Waals surface area contributed by atoms with Gasteiger partial charge in [-0.05, 0) is 23.6 Å². The van der Waals surface area contributed by atoms with Crippen molar-refractivity contribution in [1.29, 1.82) is 0 Å². The van der Waals surface area contributed by atoms with Crippen LogP contribution in [0.5, 0.6) is 0 Å². The van der Waals surface area contributed by atoms with E-state index in [2.05, 4.69) is 9.97 Å². The number of amides is 1. The third-order valence-electron chi connectivity index (χ3n) is 3.99. The smallest absolute Gasteiger partial charge is 0.413 e. The van der Waals surface area contributed by atoms with E-state index in [1.807, 2.05) is 35.7 Å². The van der Waals surface area contributed by atoms with Crippen LogP contribution in [0.2, 0.25) is 0 Å². The number of H-pyrrole nitrogens is 1. The van der Waals surface area contributed by atoms with Gasteiger partial charge in [0.2, 0.25) is 11.7 Å². The molecule has 0 unspecified atom stereocenters. The zero-order chi connectivity index (χ0) is 16.7. The molecular formula is C16H15N3O4S. The first kappa shape index (κ1) is 15.1. The normalized spacial score (nSPS) is 16.5. The Labute approximate surface area is 141 Å². The first-order valence-electron chi connectivity index (χ1n) is 7.39. The number of carbonyl (C=O) groups is 1. The summed E-state index contributed by atoms with van der Waals surface area (Å²) in [5.74, 6) is -0.639. The fourth-order valence-corrected chi connectivity index (χ4v) is 3.63. The Morgan fingerprint density at radius 2 is 2.17 bits per heavy atom. The molecule has 2 N–H and O–H groups in total. The number of nitrogens with one attached hydrogen (secondary N) is 1. The average molecular weight is 345 g/mol. The minimum atomic E-state index is -1.08. The van der Waals surface area contributed by atoms with Gasteiger partial charge in [-0.3, -0.25) is 4.90 Å². The van der Waals surface area contributed by atoms with Crippen LogP contribution in [0.3, 0.4) is 0 Å². The topological polar surface area (TPSA) is 87.7 Å². The molecule has 0 atom stereocenters. The molecule has 1 aromatic carbocycles. The minimum Gasteiger partial charge on any atom is -0.465 e. The monoisotopic (exact) mass is 345 g/mol. The van der Waals surface area contributed by atoms with Crippen LogP contribution in [0.1, 0.15) is 10.4 Å². The maximum atomic E-state index is 11.1. The number of hydrogen-bond donors (Lipinski definition) is 2. The van der Waals surface area contributed by atoms with Gasteiger partial charge in [0.15, 0.2) is 0 Å². The van der Waals surface area contributed by atoms with Crippen LogP contribution in [0, 0.1) is 0 Å². The quantitative estimate of drug-likeness (QED) is 0.762. The van der Waals surface area contributed by atoms with Crippen molar-refractivity contribution in [2.45, 2.75) is 5.79 Å². The Balaban J connectivity index is 1.81. The van der Waals surface area contributed by atoms with Crippen molar-refractivity contribution in [2.75, 3.05) is 25.2 Å². The third kappa shape index (κ3) is 2.27. The van der Waals surface area contributed by atoms with Gasteiger partial charge in [0.05, 0.1) is 29.1 Å². The van der Waals surface area contributed by atoms with Gasteiger partial charge in [0, 0.05) is 12.6 Å². The van der Waals surface area contributed by atoms with E-state index in [1.165, 1.54) is 7.05 Å². The van der Waals surface area contributed by atoms with Gasteiger partial charge < -0.3 is 19.6 Å². The Hall–Kier alpha value is -2.42. The van der Waals surface area contributed by atoms with Crippen LogP contribution < -0.4 is 4.90 Å². The molecule has 1 saturated heterocycles. The van der Waals surface area contributed by atoms with Crippen molar-refractivity contribution in [3.05, 3.63) is 46.2 Å². The number of thiophene rings is 1. The lowest BCUT2D eigenvalue weighted by molar-refractivity contribution is -0.127. The van der Waals surface area contributed by atoms with Crippen molar-refractivity contribution in [3.63, 3.8) is 0 Å². The summed E-state index contributed by atoms with van der Waals surface area (Å²) in [5.41, 5.74) is 2.26. The number of aromatic nitrogens is 2. The summed E-state index contributed by atoms with van der Waals surface area (Å²) >= 11 is 1.57. The predicted octanol–water partition coefficient (Wildman–Crippen LogP) is 2.99. The van der Waals surface area contributed by atoms with Crippen molar-refractivity contribution in [2.24, 2.45) is 0 Å². The van der Waals surface area contributed by atoms with Crippen LogP contribution in [-0.2, 0) is 15.3 Å². The van der Waals surface area contributed by atoms with Crippen molar-refractivity contribution in [1.82, 2.24) is 9.97 Å². The van der Waals surface area contributed by atoms with E-state index in [0.717, 1.165) is 20.9 Å². The summed E-state index contributed by atoms with van der Waals surface area (Å²) in [7, 11) is 1.44. The van der Waals surface area contributed by atoms with Crippen LogP contribution in [-0.4, -0.2) is 41.4 Å². The number of aromatic amines is 1. The van der Waals surface area contributed by atoms with E-state index in [0.29, 0.717) is 18.7 Å². The Kier molecular flexibility index (Phi) is 3.52. The lowest BCUT2D eigenvalue weighted by Crippen LogP contribution is -2.27. The number of fused-ring (bicyclic) bond motifs is 1. The molecule has 3 heterocycles. The standard InChI is InChI=1S/C16H15N3O4S/c1-19(15(20)21)14-17-11-5-4-10(9-12(11)18-14)16(22-6-7-23-16)13-3-2-8-24-13/h2-5,8-9H,6-7H2,1H3,(H,17,18)(H,20,21). The van der Waals surface area contributed by atoms with Gasteiger partial charge >= 0.3 is 6.09 Å². The van der Waals surface area contributed by atoms with Gasteiger partial charge in [-0.25, -0.2) is 9.78 Å². The molecule has 1 fully saturated rings. The van der Waals surface area contributed by atoms with Crippen molar-refractivity contribution in [3.8, 4) is 0 Å². The zero-order valence-electron chi connectivity index (χ0n) is 12.9. The second kappa shape index (κ2) is 5.59. The molecule has 8 heteroatoms. The molecule has 24 heavy (non-hydrogen) atoms. The van der Waals surface area contributed by atoms with Crippen LogP contribution in [0.15, 0.2) is 35.7 Å². The number of anilines is 1. The Bertz CT molecular complexity index is 884. The highest BCUT2D eigenvalue weighted by molar-refractivity contribution is 7.10. The molecule has 7 nitrogen and oxygen atoms in total. The Morgan fingerprint density at radius 3 is 2.83 bits per heavy atom. The predicted molar refractivity (Wildman–Crippen MR) is 89.5 cm³/mol. The summed E-state index contributed by atoms with van der Waals surface area (Å²) < 4.78 is 11.9. The second-order valence-corrected chi connectivity index (χ2v) is 6.37. The van der Waals surface area contributed by atoms with E-state index < -0.39 is 11.9 Å². The van der Waals surface area contributed by atoms with E-state index in [-0.39, 0.29) is 5.95 Å². The summed E-state index contributed by atoms with van der Waals surface area (Å²) in [6.45, 7) is 1.04. The number of hydrogen-bond acceptors (Lipinski definition) is 5. The molecule has 0 bridgehead atoms. The molecule has 0 radical (unpaired) electrons. The number of carboxylic acid groups (broad SMARTS) is 1. The van der Waals surface area contributed by atoms with E-state index in [4.69, 9.17) is 14.6 Å². The third-order valence-corrected chi connectivity index (χ3v) is 4.95. The van der Waals surface area contributed by atoms with Crippen LogP contribution in [0.4, 0.5) is 10.7 Å². The van der Waals surface area contributed by atoms with E-state index in [1.54, 1.807) is 11.3 Å². The molecule has 1 aliphatic heterocycles. The van der Waals surface area contributed by atoms with Gasteiger partial charge in [-0.2, -0.15) is 0 Å². The highest BCUT2D eigenvalue weighted by Crippen LogP contribution is 2.41. The molecule has 1 amide bonds. The van der Waals surface area contributed by atoms with Gasteiger partial charge in [0.25, 0.3) is 0 Å². The summed E-state index contributed by atoms with van der Waals surface area (Å²) in [6, 6.07) is 9.57. The Morgan fingerprint density at radius 1 is 1.38 bits per heavy atom. The molecule has 3 aromatic rings. The van der Waals surface area contributed by atoms with E-state index in [9.17, 15) is 4.79 Å². The number of rotatable bonds is 3. The first-order chi connectivity index (χ1) is 11.6. The number of nitrogens with zero attached hydrogens (tertiary/aromatic N) is 2. The van der Waals surface area contributed by atoms with Crippen LogP contribution >= 0.6 is 11.3 Å². The fourth-order valence-electron chi connectivity index (χ4n) is 2.78. The summed E-state index contributed by atoms with van der Waals surface area (Å²) in [5, 5.41) is 11.1. The molecule has 4 rings (SSSR count). The van der Waals surface area contributed by atoms with Crippen molar-refractivity contribution < 1.29 is 19.4 Å². The highest BCUT2D eigenvalue weighted by Gasteiger charge is 2.41. The number of ether oxygens (including phenoxy) is 2. The molecule has 0 spiro atoms. The minimum absolute atomic E-state index is 0.271.